The van der Waals surface area contributed by atoms with E-state index in [0.29, 0.717) is 21.8 Å². The van der Waals surface area contributed by atoms with Crippen LogP contribution in [0.25, 0.3) is 0 Å². The molecule has 2 heterocycles. The molecule has 1 atom stereocenters. The number of rotatable bonds is 4. The Kier molecular flexibility index (Phi) is 5.43. The van der Waals surface area contributed by atoms with Crippen molar-refractivity contribution in [2.45, 2.75) is 12.7 Å². The van der Waals surface area contributed by atoms with Gasteiger partial charge in [-0.25, -0.2) is 9.18 Å². The number of anilines is 1. The fourth-order valence-electron chi connectivity index (χ4n) is 3.31. The average Bonchev–Trinajstić information content (AvgIpc) is 3.20. The Morgan fingerprint density at radius 2 is 1.83 bits per heavy atom. The first-order chi connectivity index (χ1) is 14.5. The third-order valence-electron chi connectivity index (χ3n) is 4.73. The van der Waals surface area contributed by atoms with Gasteiger partial charge in [0, 0.05) is 16.0 Å². The fraction of sp³-hybridized carbons (Fsp3) is 0.136. The Labute approximate surface area is 176 Å². The molecule has 8 heteroatoms. The number of ether oxygens (including phenoxy) is 1. The number of benzodiazepines with no additional fused rings is 1. The lowest BCUT2D eigenvalue weighted by Gasteiger charge is -2.23. The van der Waals surface area contributed by atoms with Crippen molar-refractivity contribution in [3.05, 3.63) is 87.4 Å². The topological polar surface area (TPSA) is 85.0 Å². The molecule has 1 unspecified atom stereocenters. The molecule has 1 amide bonds. The van der Waals surface area contributed by atoms with E-state index in [-0.39, 0.29) is 12.1 Å². The number of carbonyl (C=O) groups is 2. The second-order valence-corrected chi connectivity index (χ2v) is 7.77. The van der Waals surface area contributed by atoms with Crippen molar-refractivity contribution in [3.63, 3.8) is 0 Å². The number of halogens is 1. The van der Waals surface area contributed by atoms with Crippen LogP contribution in [-0.2, 0) is 16.1 Å². The standard InChI is InChI=1S/C22H18FN3O3S/c1-29-22(28)18-11-10-13(30-18)12-26-17-9-5-3-7-15(17)19(25-20(24)21(26)27)14-6-2-4-8-16(14)23/h2-11,20H,12,24H2,1H3. The maximum absolute atomic E-state index is 14.5. The minimum absolute atomic E-state index is 0.200. The van der Waals surface area contributed by atoms with Gasteiger partial charge in [-0.3, -0.25) is 9.79 Å². The molecule has 0 bridgehead atoms. The Morgan fingerprint density at radius 1 is 1.13 bits per heavy atom. The van der Waals surface area contributed by atoms with E-state index >= 15 is 0 Å². The molecule has 0 aliphatic carbocycles. The molecule has 3 aromatic rings. The van der Waals surface area contributed by atoms with Crippen LogP contribution in [0.3, 0.4) is 0 Å². The van der Waals surface area contributed by atoms with Gasteiger partial charge in [0.05, 0.1) is 25.1 Å². The summed E-state index contributed by atoms with van der Waals surface area (Å²) in [6, 6.07) is 16.8. The summed E-state index contributed by atoms with van der Waals surface area (Å²) in [7, 11) is 1.32. The van der Waals surface area contributed by atoms with Crippen molar-refractivity contribution in [3.8, 4) is 0 Å². The smallest absolute Gasteiger partial charge is 0.348 e. The van der Waals surface area contributed by atoms with E-state index in [1.54, 1.807) is 54.6 Å². The van der Waals surface area contributed by atoms with Crippen LogP contribution >= 0.6 is 11.3 Å². The zero-order valence-corrected chi connectivity index (χ0v) is 16.9. The largest absolute Gasteiger partial charge is 0.465 e. The lowest BCUT2D eigenvalue weighted by Crippen LogP contribution is -2.41. The van der Waals surface area contributed by atoms with Gasteiger partial charge in [-0.2, -0.15) is 0 Å². The van der Waals surface area contributed by atoms with Gasteiger partial charge in [0.15, 0.2) is 6.17 Å². The molecule has 1 aliphatic heterocycles. The van der Waals surface area contributed by atoms with Crippen molar-refractivity contribution in [2.75, 3.05) is 12.0 Å². The summed E-state index contributed by atoms with van der Waals surface area (Å²) >= 11 is 1.24. The number of nitrogens with zero attached hydrogens (tertiary/aromatic N) is 2. The predicted octanol–water partition coefficient (Wildman–Crippen LogP) is 3.34. The van der Waals surface area contributed by atoms with Crippen molar-refractivity contribution in [1.82, 2.24) is 0 Å². The molecular weight excluding hydrogens is 405 g/mol. The van der Waals surface area contributed by atoms with Crippen LogP contribution in [0.4, 0.5) is 10.1 Å². The summed E-state index contributed by atoms with van der Waals surface area (Å²) in [6.07, 6.45) is -1.19. The summed E-state index contributed by atoms with van der Waals surface area (Å²) in [5, 5.41) is 0. The van der Waals surface area contributed by atoms with Crippen LogP contribution in [0.15, 0.2) is 65.7 Å². The van der Waals surface area contributed by atoms with Gasteiger partial charge in [0.1, 0.15) is 10.7 Å². The van der Waals surface area contributed by atoms with Gasteiger partial charge >= 0.3 is 5.97 Å². The van der Waals surface area contributed by atoms with Crippen LogP contribution in [0.2, 0.25) is 0 Å². The molecule has 0 radical (unpaired) electrons. The monoisotopic (exact) mass is 423 g/mol. The van der Waals surface area contributed by atoms with Crippen molar-refractivity contribution < 1.29 is 18.7 Å². The van der Waals surface area contributed by atoms with E-state index in [2.05, 4.69) is 4.99 Å². The molecule has 6 nitrogen and oxygen atoms in total. The first kappa shape index (κ1) is 19.9. The minimum atomic E-state index is -1.19. The Balaban J connectivity index is 1.78. The molecule has 1 aliphatic rings. The number of fused-ring (bicyclic) bond motifs is 1. The number of hydrogen-bond donors (Lipinski definition) is 1. The maximum atomic E-state index is 14.5. The zero-order chi connectivity index (χ0) is 21.3. The molecule has 2 aromatic carbocycles. The third-order valence-corrected chi connectivity index (χ3v) is 5.78. The first-order valence-corrected chi connectivity index (χ1v) is 9.97. The summed E-state index contributed by atoms with van der Waals surface area (Å²) in [5.74, 6) is -1.29. The molecule has 4 rings (SSSR count). The van der Waals surface area contributed by atoms with E-state index in [4.69, 9.17) is 10.5 Å². The van der Waals surface area contributed by atoms with Gasteiger partial charge in [-0.15, -0.1) is 11.3 Å². The number of para-hydroxylation sites is 1. The molecule has 30 heavy (non-hydrogen) atoms. The fourth-order valence-corrected chi connectivity index (χ4v) is 4.23. The number of carbonyl (C=O) groups excluding carboxylic acids is 2. The molecule has 0 saturated carbocycles. The van der Waals surface area contributed by atoms with Crippen LogP contribution in [0.5, 0.6) is 0 Å². The number of nitrogens with two attached hydrogens (primary N) is 1. The zero-order valence-electron chi connectivity index (χ0n) is 16.0. The summed E-state index contributed by atoms with van der Waals surface area (Å²) in [6.45, 7) is 0.200. The van der Waals surface area contributed by atoms with Crippen LogP contribution in [0.1, 0.15) is 25.7 Å². The number of hydrogen-bond acceptors (Lipinski definition) is 6. The van der Waals surface area contributed by atoms with Crippen molar-refractivity contribution >= 4 is 34.6 Å². The maximum Gasteiger partial charge on any atom is 0.348 e. The highest BCUT2D eigenvalue weighted by molar-refractivity contribution is 7.13. The highest BCUT2D eigenvalue weighted by Crippen LogP contribution is 2.31. The van der Waals surface area contributed by atoms with Gasteiger partial charge in [0.2, 0.25) is 0 Å². The average molecular weight is 423 g/mol. The SMILES string of the molecule is COC(=O)c1ccc(CN2C(=O)C(N)N=C(c3ccccc3F)c3ccccc32)s1. The predicted molar refractivity (Wildman–Crippen MR) is 113 cm³/mol. The first-order valence-electron chi connectivity index (χ1n) is 9.15. The van der Waals surface area contributed by atoms with Gasteiger partial charge in [-0.1, -0.05) is 30.3 Å². The Hall–Kier alpha value is -3.36. The molecule has 152 valence electrons. The van der Waals surface area contributed by atoms with Crippen molar-refractivity contribution in [1.29, 1.82) is 0 Å². The molecule has 2 N–H and O–H groups in total. The Bertz CT molecular complexity index is 1160. The quantitative estimate of drug-likeness (QED) is 0.653. The number of thiophene rings is 1. The molecular formula is C22H18FN3O3S. The van der Waals surface area contributed by atoms with E-state index in [9.17, 15) is 14.0 Å². The third kappa shape index (κ3) is 3.62. The lowest BCUT2D eigenvalue weighted by atomic mass is 9.99. The molecule has 1 aromatic heterocycles. The van der Waals surface area contributed by atoms with Crippen LogP contribution < -0.4 is 10.6 Å². The highest BCUT2D eigenvalue weighted by Gasteiger charge is 2.31. The summed E-state index contributed by atoms with van der Waals surface area (Å²) in [4.78, 5) is 31.9. The van der Waals surface area contributed by atoms with E-state index in [1.807, 2.05) is 0 Å². The van der Waals surface area contributed by atoms with Gasteiger partial charge in [0.25, 0.3) is 5.91 Å². The second kappa shape index (κ2) is 8.17. The van der Waals surface area contributed by atoms with Crippen molar-refractivity contribution in [2.24, 2.45) is 10.7 Å². The summed E-state index contributed by atoms with van der Waals surface area (Å²) in [5.41, 5.74) is 7.87. The minimum Gasteiger partial charge on any atom is -0.465 e. The summed E-state index contributed by atoms with van der Waals surface area (Å²) < 4.78 is 19.3. The van der Waals surface area contributed by atoms with Gasteiger partial charge in [-0.05, 0) is 30.3 Å². The number of aliphatic imine (C=N–C) groups is 1. The number of esters is 1. The Morgan fingerprint density at radius 3 is 2.57 bits per heavy atom. The number of methoxy groups -OCH3 is 1. The van der Waals surface area contributed by atoms with Crippen LogP contribution in [-0.4, -0.2) is 30.9 Å². The van der Waals surface area contributed by atoms with E-state index < -0.39 is 23.9 Å². The van der Waals surface area contributed by atoms with E-state index in [1.165, 1.54) is 29.4 Å². The highest BCUT2D eigenvalue weighted by atomic mass is 32.1. The second-order valence-electron chi connectivity index (χ2n) is 6.60. The lowest BCUT2D eigenvalue weighted by molar-refractivity contribution is -0.119. The molecule has 0 saturated heterocycles. The van der Waals surface area contributed by atoms with Crippen LogP contribution in [0, 0.1) is 5.82 Å². The number of amides is 1. The molecule has 0 fully saturated rings. The van der Waals surface area contributed by atoms with E-state index in [0.717, 1.165) is 4.88 Å². The molecule has 0 spiro atoms. The van der Waals surface area contributed by atoms with Gasteiger partial charge < -0.3 is 15.4 Å². The normalized spacial score (nSPS) is 16.0. The number of benzene rings is 2.